The van der Waals surface area contributed by atoms with Crippen LogP contribution < -0.4 is 5.56 Å². The number of amides is 1. The average Bonchev–Trinajstić information content (AvgIpc) is 2.44. The molecule has 0 aromatic carbocycles. The Morgan fingerprint density at radius 1 is 1.44 bits per heavy atom. The Kier molecular flexibility index (Phi) is 2.96. The smallest absolute Gasteiger partial charge is 0.410 e. The second-order valence-electron chi connectivity index (χ2n) is 5.68. The molecule has 1 amide bonds. The lowest BCUT2D eigenvalue weighted by Gasteiger charge is -2.39. The van der Waals surface area contributed by atoms with Crippen LogP contribution in [0, 0.1) is 0 Å². The van der Waals surface area contributed by atoms with Gasteiger partial charge < -0.3 is 14.7 Å². The summed E-state index contributed by atoms with van der Waals surface area (Å²) in [6, 6.07) is 0. The Hall–Kier alpha value is -1.72. The number of rotatable bonds is 1. The maximum atomic E-state index is 11.7. The zero-order chi connectivity index (χ0) is 13.5. The van der Waals surface area contributed by atoms with Gasteiger partial charge in [-0.1, -0.05) is 0 Å². The van der Waals surface area contributed by atoms with Crippen LogP contribution in [0.5, 0.6) is 0 Å². The van der Waals surface area contributed by atoms with Gasteiger partial charge in [-0.15, -0.1) is 0 Å². The van der Waals surface area contributed by atoms with Crippen molar-refractivity contribution in [1.29, 1.82) is 0 Å². The molecule has 0 bridgehead atoms. The molecule has 1 saturated heterocycles. The average molecular weight is 253 g/mol. The number of ether oxygens (including phenoxy) is 1. The molecular weight excluding hydrogens is 234 g/mol. The fraction of sp³-hybridized carbons (Fsp3) is 0.667. The maximum absolute atomic E-state index is 11.7. The van der Waals surface area contributed by atoms with E-state index in [-0.39, 0.29) is 17.6 Å². The van der Waals surface area contributed by atoms with Gasteiger partial charge in [-0.05, 0) is 20.8 Å². The standard InChI is InChI=1S/C12H19N3O3/c1-12(2,3)18-11(17)15-6-8(7-15)9-5-13-14(4)10(9)16/h5,8,13H,6-7H2,1-4H3. The van der Waals surface area contributed by atoms with Crippen LogP contribution in [-0.4, -0.2) is 39.5 Å². The number of carbonyl (C=O) groups excluding carboxylic acids is 1. The van der Waals surface area contributed by atoms with Crippen LogP contribution in [0.1, 0.15) is 32.3 Å². The van der Waals surface area contributed by atoms with Gasteiger partial charge in [0, 0.05) is 37.8 Å². The Balaban J connectivity index is 1.93. The number of carbonyl (C=O) groups is 1. The second kappa shape index (κ2) is 4.19. The highest BCUT2D eigenvalue weighted by Crippen LogP contribution is 2.26. The van der Waals surface area contributed by atoms with Gasteiger partial charge in [0.25, 0.3) is 5.56 Å². The molecule has 18 heavy (non-hydrogen) atoms. The summed E-state index contributed by atoms with van der Waals surface area (Å²) >= 11 is 0. The lowest BCUT2D eigenvalue weighted by molar-refractivity contribution is 0.00811. The van der Waals surface area contributed by atoms with E-state index in [9.17, 15) is 9.59 Å². The number of H-pyrrole nitrogens is 1. The topological polar surface area (TPSA) is 67.3 Å². The van der Waals surface area contributed by atoms with E-state index in [4.69, 9.17) is 4.74 Å². The van der Waals surface area contributed by atoms with Crippen molar-refractivity contribution in [2.75, 3.05) is 13.1 Å². The van der Waals surface area contributed by atoms with Crippen molar-refractivity contribution < 1.29 is 9.53 Å². The van der Waals surface area contributed by atoms with E-state index < -0.39 is 5.60 Å². The molecule has 1 aromatic heterocycles. The third-order valence-corrected chi connectivity index (χ3v) is 2.94. The summed E-state index contributed by atoms with van der Waals surface area (Å²) in [7, 11) is 1.68. The van der Waals surface area contributed by atoms with E-state index in [1.165, 1.54) is 4.68 Å². The number of aromatic amines is 1. The molecule has 0 unspecified atom stereocenters. The van der Waals surface area contributed by atoms with Crippen molar-refractivity contribution in [2.24, 2.45) is 7.05 Å². The molecule has 0 radical (unpaired) electrons. The van der Waals surface area contributed by atoms with E-state index >= 15 is 0 Å². The molecule has 1 aliphatic heterocycles. The first-order chi connectivity index (χ1) is 8.28. The Morgan fingerprint density at radius 3 is 2.50 bits per heavy atom. The number of nitrogens with zero attached hydrogens (tertiary/aromatic N) is 2. The van der Waals surface area contributed by atoms with E-state index in [1.807, 2.05) is 20.8 Å². The van der Waals surface area contributed by atoms with Gasteiger partial charge in [0.05, 0.1) is 0 Å². The molecule has 6 nitrogen and oxygen atoms in total. The quantitative estimate of drug-likeness (QED) is 0.813. The summed E-state index contributed by atoms with van der Waals surface area (Å²) in [5, 5.41) is 2.84. The molecule has 100 valence electrons. The third-order valence-electron chi connectivity index (χ3n) is 2.94. The zero-order valence-corrected chi connectivity index (χ0v) is 11.2. The summed E-state index contributed by atoms with van der Waals surface area (Å²) in [5.74, 6) is 0.113. The Bertz CT molecular complexity index is 503. The largest absolute Gasteiger partial charge is 0.444 e. The molecule has 2 heterocycles. The number of hydrogen-bond donors (Lipinski definition) is 1. The minimum absolute atomic E-state index is 0.0242. The van der Waals surface area contributed by atoms with Gasteiger partial charge in [-0.3, -0.25) is 9.48 Å². The van der Waals surface area contributed by atoms with Gasteiger partial charge in [0.1, 0.15) is 5.60 Å². The highest BCUT2D eigenvalue weighted by molar-refractivity contribution is 5.69. The van der Waals surface area contributed by atoms with Crippen LogP contribution in [0.4, 0.5) is 4.79 Å². The van der Waals surface area contributed by atoms with Crippen LogP contribution in [0.3, 0.4) is 0 Å². The van der Waals surface area contributed by atoms with Gasteiger partial charge >= 0.3 is 6.09 Å². The maximum Gasteiger partial charge on any atom is 0.410 e. The highest BCUT2D eigenvalue weighted by Gasteiger charge is 2.36. The van der Waals surface area contributed by atoms with Crippen LogP contribution in [0.2, 0.25) is 0 Å². The first-order valence-electron chi connectivity index (χ1n) is 6.00. The van der Waals surface area contributed by atoms with E-state index in [0.717, 1.165) is 5.56 Å². The molecule has 0 atom stereocenters. The second-order valence-corrected chi connectivity index (χ2v) is 5.68. The van der Waals surface area contributed by atoms with Crippen LogP contribution in [0.25, 0.3) is 0 Å². The summed E-state index contributed by atoms with van der Waals surface area (Å²) < 4.78 is 6.69. The fourth-order valence-corrected chi connectivity index (χ4v) is 1.92. The fourth-order valence-electron chi connectivity index (χ4n) is 1.92. The van der Waals surface area contributed by atoms with Gasteiger partial charge in [0.2, 0.25) is 0 Å². The Labute approximate surface area is 106 Å². The lowest BCUT2D eigenvalue weighted by atomic mass is 9.94. The molecular formula is C12H19N3O3. The van der Waals surface area contributed by atoms with Crippen LogP contribution in [-0.2, 0) is 11.8 Å². The monoisotopic (exact) mass is 253 g/mol. The molecule has 1 aromatic rings. The third kappa shape index (κ3) is 2.42. The molecule has 0 spiro atoms. The predicted molar refractivity (Wildman–Crippen MR) is 66.6 cm³/mol. The first kappa shape index (κ1) is 12.7. The normalized spacial score (nSPS) is 16.6. The SMILES string of the molecule is Cn1[nH]cc(C2CN(C(=O)OC(C)(C)C)C2)c1=O. The molecule has 0 aliphatic carbocycles. The number of likely N-dealkylation sites (tertiary alicyclic amines) is 1. The number of aromatic nitrogens is 2. The van der Waals surface area contributed by atoms with Crippen molar-refractivity contribution in [1.82, 2.24) is 14.7 Å². The molecule has 2 rings (SSSR count). The van der Waals surface area contributed by atoms with Gasteiger partial charge in [-0.2, -0.15) is 0 Å². The Morgan fingerprint density at radius 2 is 2.06 bits per heavy atom. The summed E-state index contributed by atoms with van der Waals surface area (Å²) in [6.07, 6.45) is 1.39. The van der Waals surface area contributed by atoms with Crippen LogP contribution in [0.15, 0.2) is 11.0 Å². The van der Waals surface area contributed by atoms with Gasteiger partial charge in [0.15, 0.2) is 0 Å². The summed E-state index contributed by atoms with van der Waals surface area (Å²) in [6.45, 7) is 6.60. The molecule has 1 fully saturated rings. The van der Waals surface area contributed by atoms with Crippen molar-refractivity contribution in [3.8, 4) is 0 Å². The molecule has 1 N–H and O–H groups in total. The van der Waals surface area contributed by atoms with Crippen molar-refractivity contribution in [3.05, 3.63) is 22.1 Å². The molecule has 6 heteroatoms. The van der Waals surface area contributed by atoms with Crippen LogP contribution >= 0.6 is 0 Å². The van der Waals surface area contributed by atoms with E-state index in [0.29, 0.717) is 13.1 Å². The van der Waals surface area contributed by atoms with E-state index in [2.05, 4.69) is 5.10 Å². The predicted octanol–water partition coefficient (Wildman–Crippen LogP) is 1.05. The van der Waals surface area contributed by atoms with Gasteiger partial charge in [-0.25, -0.2) is 4.79 Å². The van der Waals surface area contributed by atoms with Crippen molar-refractivity contribution in [3.63, 3.8) is 0 Å². The zero-order valence-electron chi connectivity index (χ0n) is 11.2. The van der Waals surface area contributed by atoms with Crippen molar-refractivity contribution in [2.45, 2.75) is 32.3 Å². The minimum Gasteiger partial charge on any atom is -0.444 e. The highest BCUT2D eigenvalue weighted by atomic mass is 16.6. The number of hydrogen-bond acceptors (Lipinski definition) is 3. The minimum atomic E-state index is -0.480. The summed E-state index contributed by atoms with van der Waals surface area (Å²) in [4.78, 5) is 25.0. The first-order valence-corrected chi connectivity index (χ1v) is 6.00. The lowest BCUT2D eigenvalue weighted by Crippen LogP contribution is -2.51. The number of nitrogens with one attached hydrogen (secondary N) is 1. The van der Waals surface area contributed by atoms with Crippen molar-refractivity contribution >= 4 is 6.09 Å². The molecule has 0 saturated carbocycles. The molecule has 1 aliphatic rings. The van der Waals surface area contributed by atoms with E-state index in [1.54, 1.807) is 18.1 Å². The number of aryl methyl sites for hydroxylation is 1. The summed E-state index contributed by atoms with van der Waals surface area (Å²) in [5.41, 5.74) is 0.230.